The van der Waals surface area contributed by atoms with Crippen LogP contribution in [-0.2, 0) is 26.0 Å². The molecule has 9 heteroatoms. The van der Waals surface area contributed by atoms with Gasteiger partial charge in [-0.2, -0.15) is 0 Å². The number of sulfonamides is 1. The first kappa shape index (κ1) is 29.2. The quantitative estimate of drug-likeness (QED) is 0.370. The van der Waals surface area contributed by atoms with Gasteiger partial charge in [0.2, 0.25) is 11.8 Å². The van der Waals surface area contributed by atoms with Gasteiger partial charge < -0.3 is 10.2 Å². The van der Waals surface area contributed by atoms with Crippen molar-refractivity contribution in [2.45, 2.75) is 44.6 Å². The number of halogens is 1. The fourth-order valence-corrected chi connectivity index (χ4v) is 5.90. The van der Waals surface area contributed by atoms with Gasteiger partial charge >= 0.3 is 0 Å². The highest BCUT2D eigenvalue weighted by molar-refractivity contribution is 7.92. The summed E-state index contributed by atoms with van der Waals surface area (Å²) in [6, 6.07) is 20.3. The number of rotatable bonds is 11. The normalized spacial score (nSPS) is 12.0. The van der Waals surface area contributed by atoms with Crippen LogP contribution in [0.3, 0.4) is 0 Å². The van der Waals surface area contributed by atoms with Crippen LogP contribution >= 0.6 is 11.6 Å². The summed E-state index contributed by atoms with van der Waals surface area (Å²) in [5.41, 5.74) is 2.87. The summed E-state index contributed by atoms with van der Waals surface area (Å²) in [4.78, 5) is 28.2. The molecule has 0 aliphatic carbocycles. The number of anilines is 1. The molecule has 0 saturated carbocycles. The van der Waals surface area contributed by atoms with Crippen LogP contribution in [0, 0.1) is 13.8 Å². The van der Waals surface area contributed by atoms with Crippen LogP contribution in [0.15, 0.2) is 77.7 Å². The molecule has 0 aliphatic rings. The second-order valence-electron chi connectivity index (χ2n) is 9.12. The Balaban J connectivity index is 2.04. The predicted octanol–water partition coefficient (Wildman–Crippen LogP) is 4.75. The van der Waals surface area contributed by atoms with Gasteiger partial charge in [0.1, 0.15) is 12.6 Å². The summed E-state index contributed by atoms with van der Waals surface area (Å²) >= 11 is 6.26. The van der Waals surface area contributed by atoms with Crippen LogP contribution in [0.25, 0.3) is 0 Å². The first-order valence-electron chi connectivity index (χ1n) is 12.5. The molecule has 0 heterocycles. The highest BCUT2D eigenvalue weighted by Crippen LogP contribution is 2.30. The fraction of sp³-hybridized carbons (Fsp3) is 0.310. The van der Waals surface area contributed by atoms with Crippen LogP contribution in [0.2, 0.25) is 5.02 Å². The van der Waals surface area contributed by atoms with E-state index in [0.717, 1.165) is 15.4 Å². The molecule has 0 aliphatic heterocycles. The number of nitrogens with zero attached hydrogens (tertiary/aromatic N) is 2. The highest BCUT2D eigenvalue weighted by atomic mass is 35.5. The van der Waals surface area contributed by atoms with Crippen molar-refractivity contribution in [3.8, 4) is 0 Å². The van der Waals surface area contributed by atoms with E-state index in [1.54, 1.807) is 37.3 Å². The lowest BCUT2D eigenvalue weighted by molar-refractivity contribution is -0.139. The van der Waals surface area contributed by atoms with Crippen molar-refractivity contribution in [3.63, 3.8) is 0 Å². The van der Waals surface area contributed by atoms with Crippen LogP contribution in [0.5, 0.6) is 0 Å². The zero-order valence-corrected chi connectivity index (χ0v) is 23.7. The Hall–Kier alpha value is -3.36. The smallest absolute Gasteiger partial charge is 0.264 e. The van der Waals surface area contributed by atoms with E-state index in [4.69, 9.17) is 11.6 Å². The molecular formula is C29H34ClN3O4S. The van der Waals surface area contributed by atoms with Gasteiger partial charge in [0, 0.05) is 18.6 Å². The molecule has 0 unspecified atom stereocenters. The van der Waals surface area contributed by atoms with Crippen LogP contribution in [-0.4, -0.2) is 51.3 Å². The first-order valence-corrected chi connectivity index (χ1v) is 14.3. The topological polar surface area (TPSA) is 86.8 Å². The fourth-order valence-electron chi connectivity index (χ4n) is 4.26. The van der Waals surface area contributed by atoms with Crippen molar-refractivity contribution < 1.29 is 18.0 Å². The lowest BCUT2D eigenvalue weighted by atomic mass is 10.1. The van der Waals surface area contributed by atoms with Crippen LogP contribution in [0.4, 0.5) is 5.69 Å². The Morgan fingerprint density at radius 3 is 2.24 bits per heavy atom. The van der Waals surface area contributed by atoms with Crippen LogP contribution < -0.4 is 9.62 Å². The van der Waals surface area contributed by atoms with Gasteiger partial charge in [-0.25, -0.2) is 8.42 Å². The van der Waals surface area contributed by atoms with Gasteiger partial charge in [-0.15, -0.1) is 0 Å². The number of carbonyl (C=O) groups excluding carboxylic acids is 2. The molecule has 7 nitrogen and oxygen atoms in total. The molecule has 3 rings (SSSR count). The largest absolute Gasteiger partial charge is 0.357 e. The molecule has 1 N–H and O–H groups in total. The molecule has 0 bridgehead atoms. The minimum atomic E-state index is -4.14. The van der Waals surface area contributed by atoms with E-state index in [0.29, 0.717) is 29.1 Å². The molecule has 3 aromatic carbocycles. The van der Waals surface area contributed by atoms with E-state index in [1.165, 1.54) is 24.1 Å². The lowest BCUT2D eigenvalue weighted by Crippen LogP contribution is -2.52. The third-order valence-corrected chi connectivity index (χ3v) is 8.45. The van der Waals surface area contributed by atoms with Gasteiger partial charge in [0.05, 0.1) is 10.6 Å². The summed E-state index contributed by atoms with van der Waals surface area (Å²) in [7, 11) is -2.62. The number of amides is 2. The minimum absolute atomic E-state index is 0.0597. The summed E-state index contributed by atoms with van der Waals surface area (Å²) < 4.78 is 28.9. The van der Waals surface area contributed by atoms with E-state index in [-0.39, 0.29) is 17.3 Å². The van der Waals surface area contributed by atoms with E-state index < -0.39 is 28.5 Å². The maximum atomic E-state index is 13.9. The van der Waals surface area contributed by atoms with Crippen molar-refractivity contribution in [1.29, 1.82) is 0 Å². The Labute approximate surface area is 230 Å². The van der Waals surface area contributed by atoms with Gasteiger partial charge in [0.15, 0.2) is 0 Å². The number of aryl methyl sites for hydroxylation is 2. The monoisotopic (exact) mass is 555 g/mol. The molecule has 3 aromatic rings. The standard InChI is InChI=1S/C29H34ClN3O4S/c1-5-26(29(35)31-4)32(18-17-23-9-7-6-8-10-23)28(34)20-33(27-19-24(30)14-13-22(27)3)38(36,37)25-15-11-21(2)12-16-25/h6-16,19,26H,5,17-18,20H2,1-4H3,(H,31,35)/t26-/m0/s1. The van der Waals surface area contributed by atoms with Crippen LogP contribution in [0.1, 0.15) is 30.0 Å². The average Bonchev–Trinajstić information content (AvgIpc) is 2.91. The number of carbonyl (C=O) groups is 2. The van der Waals surface area contributed by atoms with Gasteiger partial charge in [-0.05, 0) is 62.1 Å². The molecule has 202 valence electrons. The Morgan fingerprint density at radius 2 is 1.63 bits per heavy atom. The Morgan fingerprint density at radius 1 is 0.974 bits per heavy atom. The summed E-state index contributed by atoms with van der Waals surface area (Å²) in [6.07, 6.45) is 0.891. The van der Waals surface area contributed by atoms with E-state index >= 15 is 0 Å². The lowest BCUT2D eigenvalue weighted by Gasteiger charge is -2.33. The predicted molar refractivity (Wildman–Crippen MR) is 152 cm³/mol. The van der Waals surface area contributed by atoms with Crippen molar-refractivity contribution >= 4 is 39.1 Å². The molecule has 0 fully saturated rings. The molecular weight excluding hydrogens is 522 g/mol. The minimum Gasteiger partial charge on any atom is -0.357 e. The highest BCUT2D eigenvalue weighted by Gasteiger charge is 2.33. The number of benzene rings is 3. The maximum absolute atomic E-state index is 13.9. The van der Waals surface area contributed by atoms with E-state index in [1.807, 2.05) is 44.2 Å². The van der Waals surface area contributed by atoms with Crippen molar-refractivity contribution in [2.24, 2.45) is 0 Å². The molecule has 0 radical (unpaired) electrons. The number of likely N-dealkylation sites (N-methyl/N-ethyl adjacent to an activating group) is 1. The summed E-state index contributed by atoms with van der Waals surface area (Å²) in [6.45, 7) is 5.22. The van der Waals surface area contributed by atoms with Gasteiger partial charge in [-0.3, -0.25) is 13.9 Å². The van der Waals surface area contributed by atoms with E-state index in [2.05, 4.69) is 5.32 Å². The molecule has 38 heavy (non-hydrogen) atoms. The Bertz CT molecular complexity index is 1360. The maximum Gasteiger partial charge on any atom is 0.264 e. The average molecular weight is 556 g/mol. The van der Waals surface area contributed by atoms with Crippen molar-refractivity contribution in [3.05, 3.63) is 94.5 Å². The van der Waals surface area contributed by atoms with Gasteiger partial charge in [0.25, 0.3) is 10.0 Å². The third-order valence-electron chi connectivity index (χ3n) is 6.44. The third kappa shape index (κ3) is 6.94. The summed E-state index contributed by atoms with van der Waals surface area (Å²) in [5, 5.41) is 2.98. The van der Waals surface area contributed by atoms with Gasteiger partial charge in [-0.1, -0.05) is 72.6 Å². The molecule has 2 amide bonds. The number of hydrogen-bond acceptors (Lipinski definition) is 4. The molecule has 0 spiro atoms. The second kappa shape index (κ2) is 12.9. The first-order chi connectivity index (χ1) is 18.1. The van der Waals surface area contributed by atoms with Crippen molar-refractivity contribution in [2.75, 3.05) is 24.4 Å². The second-order valence-corrected chi connectivity index (χ2v) is 11.4. The van der Waals surface area contributed by atoms with E-state index in [9.17, 15) is 18.0 Å². The summed E-state index contributed by atoms with van der Waals surface area (Å²) in [5.74, 6) is -0.785. The molecule has 0 aromatic heterocycles. The Kier molecular flexibility index (Phi) is 9.94. The zero-order chi connectivity index (χ0) is 27.9. The zero-order valence-electron chi connectivity index (χ0n) is 22.1. The SMILES string of the molecule is CC[C@@H](C(=O)NC)N(CCc1ccccc1)C(=O)CN(c1cc(Cl)ccc1C)S(=O)(=O)c1ccc(C)cc1. The number of nitrogens with one attached hydrogen (secondary N) is 1. The number of hydrogen-bond donors (Lipinski definition) is 1. The van der Waals surface area contributed by atoms with Crippen molar-refractivity contribution in [1.82, 2.24) is 10.2 Å². The molecule has 0 saturated heterocycles. The molecule has 1 atom stereocenters.